The van der Waals surface area contributed by atoms with Gasteiger partial charge in [-0.05, 0) is 43.3 Å². The smallest absolute Gasteiger partial charge is 0.228 e. The van der Waals surface area contributed by atoms with Crippen LogP contribution in [0, 0.1) is 12.8 Å². The fourth-order valence-corrected chi connectivity index (χ4v) is 4.91. The number of nitrogens with zero attached hydrogens (tertiary/aromatic N) is 2. The van der Waals surface area contributed by atoms with Crippen molar-refractivity contribution in [2.45, 2.75) is 44.2 Å². The summed E-state index contributed by atoms with van der Waals surface area (Å²) in [4.78, 5) is 17.1. The van der Waals surface area contributed by atoms with Gasteiger partial charge in [0.2, 0.25) is 5.91 Å². The summed E-state index contributed by atoms with van der Waals surface area (Å²) in [6.07, 6.45) is -1.79. The lowest BCUT2D eigenvalue weighted by atomic mass is 9.77. The van der Waals surface area contributed by atoms with Crippen molar-refractivity contribution in [3.8, 4) is 0 Å². The van der Waals surface area contributed by atoms with E-state index in [-0.39, 0.29) is 18.4 Å². The monoisotopic (exact) mass is 425 g/mol. The molecular weight excluding hydrogens is 398 g/mol. The van der Waals surface area contributed by atoms with Crippen molar-refractivity contribution < 1.29 is 15.0 Å². The van der Waals surface area contributed by atoms with Gasteiger partial charge in [-0.15, -0.1) is 0 Å². The van der Waals surface area contributed by atoms with Crippen LogP contribution in [0.1, 0.15) is 17.5 Å². The molecule has 7 heteroatoms. The molecule has 2 aromatic rings. The largest absolute Gasteiger partial charge is 0.390 e. The Bertz CT molecular complexity index is 921. The third kappa shape index (κ3) is 3.80. The lowest BCUT2D eigenvalue weighted by Gasteiger charge is -2.42. The second-order valence-corrected chi connectivity index (χ2v) is 8.64. The minimum absolute atomic E-state index is 0.0663. The summed E-state index contributed by atoms with van der Waals surface area (Å²) in [5.41, 5.74) is 3.04. The predicted octanol–water partition coefficient (Wildman–Crippen LogP) is 1.83. The standard InChI is InChI=1S/C23H27N3O3S/c1-14-8-10-16(11-9-14)26-20-17(12-18(27)21(28)19(20)24-23(26)30)22(29)25(2)13-15-6-4-3-5-7-15/h3-11,17-21,27-28H,12-13H2,1-2H3,(H,24,30). The highest BCUT2D eigenvalue weighted by molar-refractivity contribution is 7.80. The zero-order valence-corrected chi connectivity index (χ0v) is 17.9. The number of fused-ring (bicyclic) bond motifs is 1. The Morgan fingerprint density at radius 2 is 1.83 bits per heavy atom. The highest BCUT2D eigenvalue weighted by atomic mass is 32.1. The van der Waals surface area contributed by atoms with Crippen LogP contribution in [0.15, 0.2) is 54.6 Å². The highest BCUT2D eigenvalue weighted by Gasteiger charge is 2.54. The molecule has 0 aromatic heterocycles. The Hall–Kier alpha value is -2.48. The second kappa shape index (κ2) is 8.34. The first-order chi connectivity index (χ1) is 14.4. The topological polar surface area (TPSA) is 76.0 Å². The quantitative estimate of drug-likeness (QED) is 0.649. The van der Waals surface area contributed by atoms with Gasteiger partial charge in [-0.25, -0.2) is 0 Å². The molecule has 1 saturated heterocycles. The summed E-state index contributed by atoms with van der Waals surface area (Å²) < 4.78 is 0. The Morgan fingerprint density at radius 3 is 2.50 bits per heavy atom. The summed E-state index contributed by atoms with van der Waals surface area (Å²) in [7, 11) is 1.78. The van der Waals surface area contributed by atoms with Gasteiger partial charge in [0.05, 0.1) is 24.1 Å². The minimum atomic E-state index is -0.994. The van der Waals surface area contributed by atoms with E-state index in [1.165, 1.54) is 0 Å². The van der Waals surface area contributed by atoms with Gasteiger partial charge in [0.25, 0.3) is 0 Å². The zero-order valence-electron chi connectivity index (χ0n) is 17.1. The van der Waals surface area contributed by atoms with E-state index in [0.29, 0.717) is 11.7 Å². The summed E-state index contributed by atoms with van der Waals surface area (Å²) in [5.74, 6) is -0.570. The molecule has 3 N–H and O–H groups in total. The molecule has 2 fully saturated rings. The summed E-state index contributed by atoms with van der Waals surface area (Å²) in [6.45, 7) is 2.49. The van der Waals surface area contributed by atoms with E-state index in [1.54, 1.807) is 11.9 Å². The van der Waals surface area contributed by atoms with Crippen molar-refractivity contribution in [3.05, 3.63) is 65.7 Å². The van der Waals surface area contributed by atoms with Crippen LogP contribution in [0.3, 0.4) is 0 Å². The van der Waals surface area contributed by atoms with Gasteiger partial charge in [0, 0.05) is 19.3 Å². The number of aliphatic hydroxyl groups excluding tert-OH is 2. The molecule has 1 amide bonds. The molecule has 1 aliphatic carbocycles. The van der Waals surface area contributed by atoms with Crippen molar-refractivity contribution in [2.75, 3.05) is 11.9 Å². The van der Waals surface area contributed by atoms with Crippen LogP contribution in [0.2, 0.25) is 0 Å². The first-order valence-corrected chi connectivity index (χ1v) is 10.6. The molecule has 2 aromatic carbocycles. The molecule has 0 spiro atoms. The molecule has 158 valence electrons. The average Bonchev–Trinajstić information content (AvgIpc) is 3.09. The summed E-state index contributed by atoms with van der Waals surface area (Å²) in [5, 5.41) is 24.7. The molecule has 0 radical (unpaired) electrons. The number of rotatable bonds is 4. The van der Waals surface area contributed by atoms with Gasteiger partial charge in [-0.3, -0.25) is 4.79 Å². The highest BCUT2D eigenvalue weighted by Crippen LogP contribution is 2.37. The van der Waals surface area contributed by atoms with Crippen molar-refractivity contribution >= 4 is 28.9 Å². The number of benzene rings is 2. The maximum absolute atomic E-state index is 13.5. The lowest BCUT2D eigenvalue weighted by molar-refractivity contribution is -0.141. The van der Waals surface area contributed by atoms with Gasteiger partial charge in [0.1, 0.15) is 6.10 Å². The van der Waals surface area contributed by atoms with E-state index >= 15 is 0 Å². The number of anilines is 1. The van der Waals surface area contributed by atoms with Crippen LogP contribution in [0.25, 0.3) is 0 Å². The molecule has 2 aliphatic rings. The van der Waals surface area contributed by atoms with Crippen molar-refractivity contribution in [2.24, 2.45) is 5.92 Å². The first kappa shape index (κ1) is 20.8. The first-order valence-electron chi connectivity index (χ1n) is 10.2. The van der Waals surface area contributed by atoms with Gasteiger partial charge < -0.3 is 25.3 Å². The Balaban J connectivity index is 1.64. The molecule has 1 saturated carbocycles. The fraction of sp³-hybridized carbons (Fsp3) is 0.391. The van der Waals surface area contributed by atoms with Gasteiger partial charge in [-0.2, -0.15) is 0 Å². The molecule has 30 heavy (non-hydrogen) atoms. The van der Waals surface area contributed by atoms with Crippen LogP contribution < -0.4 is 10.2 Å². The van der Waals surface area contributed by atoms with Crippen LogP contribution in [0.5, 0.6) is 0 Å². The number of hydrogen-bond donors (Lipinski definition) is 3. The Kier molecular flexibility index (Phi) is 5.77. The van der Waals surface area contributed by atoms with Gasteiger partial charge in [-0.1, -0.05) is 48.0 Å². The van der Waals surface area contributed by atoms with E-state index in [2.05, 4.69) is 5.32 Å². The van der Waals surface area contributed by atoms with E-state index in [1.807, 2.05) is 66.4 Å². The van der Waals surface area contributed by atoms with Crippen LogP contribution >= 0.6 is 12.2 Å². The predicted molar refractivity (Wildman–Crippen MR) is 120 cm³/mol. The molecule has 1 heterocycles. The molecular formula is C23H27N3O3S. The number of carbonyl (C=O) groups excluding carboxylic acids is 1. The number of amides is 1. The summed E-state index contributed by atoms with van der Waals surface area (Å²) in [6, 6.07) is 16.9. The zero-order chi connectivity index (χ0) is 21.4. The Morgan fingerprint density at radius 1 is 1.17 bits per heavy atom. The fourth-order valence-electron chi connectivity index (χ4n) is 4.55. The molecule has 4 rings (SSSR count). The number of hydrogen-bond acceptors (Lipinski definition) is 4. The maximum atomic E-state index is 13.5. The van der Waals surface area contributed by atoms with Gasteiger partial charge in [0.15, 0.2) is 5.11 Å². The maximum Gasteiger partial charge on any atom is 0.228 e. The van der Waals surface area contributed by atoms with Crippen LogP contribution in [-0.4, -0.2) is 57.5 Å². The molecule has 5 atom stereocenters. The van der Waals surface area contributed by atoms with Gasteiger partial charge >= 0.3 is 0 Å². The number of carbonyl (C=O) groups is 1. The lowest BCUT2D eigenvalue weighted by Crippen LogP contribution is -2.61. The number of nitrogens with one attached hydrogen (secondary N) is 1. The second-order valence-electron chi connectivity index (χ2n) is 8.25. The average molecular weight is 426 g/mol. The summed E-state index contributed by atoms with van der Waals surface area (Å²) >= 11 is 5.57. The number of thiocarbonyl (C=S) groups is 1. The van der Waals surface area contributed by atoms with Crippen LogP contribution in [0.4, 0.5) is 5.69 Å². The number of aryl methyl sites for hydroxylation is 1. The van der Waals surface area contributed by atoms with Crippen LogP contribution in [-0.2, 0) is 11.3 Å². The Labute approximate surface area is 182 Å². The SMILES string of the molecule is Cc1ccc(N2C(=S)NC3C(O)C(O)CC(C(=O)N(C)Cc4ccccc4)C32)cc1. The molecule has 6 nitrogen and oxygen atoms in total. The number of aliphatic hydroxyl groups is 2. The van der Waals surface area contributed by atoms with E-state index in [4.69, 9.17) is 12.2 Å². The van der Waals surface area contributed by atoms with E-state index < -0.39 is 24.2 Å². The third-order valence-corrected chi connectivity index (χ3v) is 6.43. The van der Waals surface area contributed by atoms with E-state index in [0.717, 1.165) is 16.8 Å². The molecule has 5 unspecified atom stereocenters. The normalized spacial score (nSPS) is 28.1. The van der Waals surface area contributed by atoms with Crippen molar-refractivity contribution in [3.63, 3.8) is 0 Å². The minimum Gasteiger partial charge on any atom is -0.390 e. The molecule has 0 bridgehead atoms. The third-order valence-electron chi connectivity index (χ3n) is 6.11. The van der Waals surface area contributed by atoms with Crippen molar-refractivity contribution in [1.29, 1.82) is 0 Å². The van der Waals surface area contributed by atoms with Crippen molar-refractivity contribution in [1.82, 2.24) is 10.2 Å². The molecule has 1 aliphatic heterocycles. The van der Waals surface area contributed by atoms with E-state index in [9.17, 15) is 15.0 Å².